The van der Waals surface area contributed by atoms with Crippen LogP contribution in [-0.2, 0) is 0 Å². The molecule has 0 N–H and O–H groups in total. The Morgan fingerprint density at radius 2 is 0.950 bits per heavy atom. The summed E-state index contributed by atoms with van der Waals surface area (Å²) in [6.45, 7) is 8.29. The number of rotatable bonds is 4. The molecule has 0 unspecified atom stereocenters. The lowest BCUT2D eigenvalue weighted by Gasteiger charge is -2.06. The molecule has 194 valence electrons. The predicted octanol–water partition coefficient (Wildman–Crippen LogP) is 7.67. The van der Waals surface area contributed by atoms with Crippen molar-refractivity contribution in [3.05, 3.63) is 120 Å². The zero-order valence-electron chi connectivity index (χ0n) is 22.9. The van der Waals surface area contributed by atoms with Crippen molar-refractivity contribution in [2.45, 2.75) is 27.7 Å². The first-order chi connectivity index (χ1) is 19.4. The van der Waals surface area contributed by atoms with E-state index in [1.165, 1.54) is 0 Å². The smallest absolute Gasteiger partial charge is 0.145 e. The second-order valence-electron chi connectivity index (χ2n) is 10.5. The zero-order chi connectivity index (χ0) is 27.4. The van der Waals surface area contributed by atoms with Crippen LogP contribution in [0.15, 0.2) is 97.6 Å². The minimum absolute atomic E-state index is 0.860. The molecule has 0 bridgehead atoms. The first-order valence-electron chi connectivity index (χ1n) is 13.4. The molecule has 6 heteroatoms. The Bertz CT molecular complexity index is 1880. The molecule has 6 aromatic heterocycles. The minimum atomic E-state index is 0.860. The highest BCUT2D eigenvalue weighted by Gasteiger charge is 2.19. The van der Waals surface area contributed by atoms with E-state index in [4.69, 9.17) is 9.97 Å². The lowest BCUT2D eigenvalue weighted by Crippen LogP contribution is -1.93. The fraction of sp³-hybridized carbons (Fsp3) is 0.118. The number of benzene rings is 1. The molecule has 0 atom stereocenters. The van der Waals surface area contributed by atoms with Crippen LogP contribution in [0.1, 0.15) is 22.3 Å². The molecule has 7 aromatic rings. The van der Waals surface area contributed by atoms with Gasteiger partial charge in [-0.2, -0.15) is 0 Å². The Morgan fingerprint density at radius 3 is 1.38 bits per heavy atom. The average Bonchev–Trinajstić information content (AvgIpc) is 3.52. The SMILES string of the molecule is Cc1ccc(-c2nc(-c3cccc(-c4nc(-c5ccc(C)cn5)c5ccc(C)cn45)c3)n3cc(C)ccc23)nc1. The van der Waals surface area contributed by atoms with Crippen molar-refractivity contribution in [1.82, 2.24) is 28.7 Å². The molecule has 0 radical (unpaired) electrons. The topological polar surface area (TPSA) is 60.4 Å². The molecule has 0 saturated carbocycles. The van der Waals surface area contributed by atoms with Crippen LogP contribution in [0.2, 0.25) is 0 Å². The van der Waals surface area contributed by atoms with Crippen LogP contribution in [0, 0.1) is 27.7 Å². The van der Waals surface area contributed by atoms with E-state index in [9.17, 15) is 0 Å². The Hall–Kier alpha value is -5.10. The standard InChI is InChI=1S/C34H28N6/c1-21-8-12-27(35-17-21)31-29-14-10-23(3)19-39(29)33(37-31)25-6-5-7-26(16-25)34-38-32(28-13-9-22(2)18-36-28)30-15-11-24(4)20-40(30)34/h5-20H,1-4H3. The van der Waals surface area contributed by atoms with Crippen LogP contribution >= 0.6 is 0 Å². The number of aryl methyl sites for hydroxylation is 4. The van der Waals surface area contributed by atoms with Gasteiger partial charge in [0.25, 0.3) is 0 Å². The van der Waals surface area contributed by atoms with Gasteiger partial charge in [0.05, 0.1) is 22.4 Å². The number of imidazole rings is 2. The summed E-state index contributed by atoms with van der Waals surface area (Å²) in [6, 6.07) is 25.2. The third-order valence-corrected chi connectivity index (χ3v) is 7.26. The first kappa shape index (κ1) is 24.0. The molecule has 0 amide bonds. The van der Waals surface area contributed by atoms with E-state index < -0.39 is 0 Å². The van der Waals surface area contributed by atoms with E-state index in [1.54, 1.807) is 0 Å². The van der Waals surface area contributed by atoms with Crippen molar-refractivity contribution in [3.8, 4) is 45.6 Å². The van der Waals surface area contributed by atoms with Crippen molar-refractivity contribution in [2.24, 2.45) is 0 Å². The summed E-state index contributed by atoms with van der Waals surface area (Å²) in [5, 5.41) is 0. The molecule has 1 aromatic carbocycles. The highest BCUT2D eigenvalue weighted by molar-refractivity contribution is 5.83. The molecule has 6 nitrogen and oxygen atoms in total. The third kappa shape index (κ3) is 4.05. The number of nitrogens with zero attached hydrogens (tertiary/aromatic N) is 6. The van der Waals surface area contributed by atoms with Gasteiger partial charge in [0.2, 0.25) is 0 Å². The second kappa shape index (κ2) is 9.27. The van der Waals surface area contributed by atoms with Crippen LogP contribution in [0.25, 0.3) is 56.6 Å². The normalized spacial score (nSPS) is 11.5. The molecule has 6 heterocycles. The largest absolute Gasteiger partial charge is 0.299 e. The quantitative estimate of drug-likeness (QED) is 0.239. The number of aromatic nitrogens is 6. The molecule has 0 aliphatic carbocycles. The molecule has 0 spiro atoms. The summed E-state index contributed by atoms with van der Waals surface area (Å²) in [5.41, 5.74) is 12.1. The predicted molar refractivity (Wildman–Crippen MR) is 160 cm³/mol. The summed E-state index contributed by atoms with van der Waals surface area (Å²) in [7, 11) is 0. The van der Waals surface area contributed by atoms with E-state index in [2.05, 4.69) is 106 Å². The highest BCUT2D eigenvalue weighted by atomic mass is 15.0. The number of fused-ring (bicyclic) bond motifs is 2. The van der Waals surface area contributed by atoms with Crippen LogP contribution < -0.4 is 0 Å². The van der Waals surface area contributed by atoms with Gasteiger partial charge in [-0.05, 0) is 80.3 Å². The van der Waals surface area contributed by atoms with Crippen molar-refractivity contribution in [2.75, 3.05) is 0 Å². The van der Waals surface area contributed by atoms with Crippen LogP contribution in [0.3, 0.4) is 0 Å². The molecular weight excluding hydrogens is 492 g/mol. The summed E-state index contributed by atoms with van der Waals surface area (Å²) >= 11 is 0. The highest BCUT2D eigenvalue weighted by Crippen LogP contribution is 2.33. The molecule has 0 saturated heterocycles. The minimum Gasteiger partial charge on any atom is -0.299 e. The van der Waals surface area contributed by atoms with E-state index in [-0.39, 0.29) is 0 Å². The average molecular weight is 521 g/mol. The molecule has 0 aliphatic heterocycles. The Labute approximate surface area is 232 Å². The summed E-state index contributed by atoms with van der Waals surface area (Å²) in [6.07, 6.45) is 8.05. The second-order valence-corrected chi connectivity index (χ2v) is 10.5. The van der Waals surface area contributed by atoms with Gasteiger partial charge in [-0.25, -0.2) is 9.97 Å². The molecule has 7 rings (SSSR count). The van der Waals surface area contributed by atoms with Gasteiger partial charge in [0, 0.05) is 35.9 Å². The van der Waals surface area contributed by atoms with Gasteiger partial charge in [-0.3, -0.25) is 18.8 Å². The Kier molecular flexibility index (Phi) is 5.56. The fourth-order valence-corrected chi connectivity index (χ4v) is 5.18. The third-order valence-electron chi connectivity index (χ3n) is 7.26. The van der Waals surface area contributed by atoms with E-state index in [0.29, 0.717) is 0 Å². The summed E-state index contributed by atoms with van der Waals surface area (Å²) in [4.78, 5) is 19.6. The lowest BCUT2D eigenvalue weighted by atomic mass is 10.1. The first-order valence-corrected chi connectivity index (χ1v) is 13.4. The number of hydrogen-bond donors (Lipinski definition) is 0. The van der Waals surface area contributed by atoms with Crippen molar-refractivity contribution < 1.29 is 0 Å². The molecular formula is C34H28N6. The van der Waals surface area contributed by atoms with Gasteiger partial charge in [0.15, 0.2) is 0 Å². The monoisotopic (exact) mass is 520 g/mol. The van der Waals surface area contributed by atoms with Crippen LogP contribution in [0.5, 0.6) is 0 Å². The summed E-state index contributed by atoms with van der Waals surface area (Å²) < 4.78 is 4.33. The Balaban J connectivity index is 1.41. The maximum Gasteiger partial charge on any atom is 0.145 e. The van der Waals surface area contributed by atoms with Crippen molar-refractivity contribution in [1.29, 1.82) is 0 Å². The van der Waals surface area contributed by atoms with Gasteiger partial charge < -0.3 is 0 Å². The van der Waals surface area contributed by atoms with Crippen LogP contribution in [0.4, 0.5) is 0 Å². The van der Waals surface area contributed by atoms with Gasteiger partial charge >= 0.3 is 0 Å². The number of hydrogen-bond acceptors (Lipinski definition) is 4. The van der Waals surface area contributed by atoms with Crippen molar-refractivity contribution >= 4 is 11.0 Å². The maximum absolute atomic E-state index is 5.14. The number of pyridine rings is 4. The maximum atomic E-state index is 5.14. The zero-order valence-corrected chi connectivity index (χ0v) is 22.9. The van der Waals surface area contributed by atoms with Crippen LogP contribution in [-0.4, -0.2) is 28.7 Å². The van der Waals surface area contributed by atoms with E-state index in [1.807, 2.05) is 38.4 Å². The van der Waals surface area contributed by atoms with Gasteiger partial charge in [0.1, 0.15) is 23.0 Å². The molecule has 0 fully saturated rings. The Morgan fingerprint density at radius 1 is 0.500 bits per heavy atom. The fourth-order valence-electron chi connectivity index (χ4n) is 5.18. The van der Waals surface area contributed by atoms with E-state index in [0.717, 1.165) is 78.8 Å². The van der Waals surface area contributed by atoms with E-state index >= 15 is 0 Å². The summed E-state index contributed by atoms with van der Waals surface area (Å²) in [5.74, 6) is 1.74. The lowest BCUT2D eigenvalue weighted by molar-refractivity contribution is 1.13. The molecule has 40 heavy (non-hydrogen) atoms. The van der Waals surface area contributed by atoms with Crippen molar-refractivity contribution in [3.63, 3.8) is 0 Å². The van der Waals surface area contributed by atoms with Gasteiger partial charge in [-0.1, -0.05) is 42.5 Å². The van der Waals surface area contributed by atoms with Gasteiger partial charge in [-0.15, -0.1) is 0 Å². The molecule has 0 aliphatic rings.